The van der Waals surface area contributed by atoms with Gasteiger partial charge in [-0.05, 0) is 35.9 Å². The van der Waals surface area contributed by atoms with Crippen LogP contribution in [0.1, 0.15) is 15.2 Å². The Kier molecular flexibility index (Phi) is 5.23. The van der Waals surface area contributed by atoms with Gasteiger partial charge in [-0.3, -0.25) is 10.1 Å². The molecule has 3 heterocycles. The van der Waals surface area contributed by atoms with E-state index in [1.165, 1.54) is 22.7 Å². The van der Waals surface area contributed by atoms with Crippen LogP contribution in [0.4, 0.5) is 11.1 Å². The summed E-state index contributed by atoms with van der Waals surface area (Å²) in [7, 11) is 1.76. The van der Waals surface area contributed by atoms with Crippen LogP contribution in [0.5, 0.6) is 0 Å². The van der Waals surface area contributed by atoms with Crippen LogP contribution in [0.25, 0.3) is 20.8 Å². The van der Waals surface area contributed by atoms with E-state index >= 15 is 0 Å². The Labute approximate surface area is 173 Å². The molecule has 1 aromatic carbocycles. The number of anilines is 2. The Bertz CT molecular complexity index is 1170. The van der Waals surface area contributed by atoms with E-state index < -0.39 is 0 Å². The predicted octanol–water partition coefficient (Wildman–Crippen LogP) is 4.22. The molecule has 4 rings (SSSR count). The van der Waals surface area contributed by atoms with Crippen molar-refractivity contribution in [1.29, 1.82) is 0 Å². The fraction of sp³-hybridized carbons (Fsp3) is 0.111. The third kappa shape index (κ3) is 3.69. The second kappa shape index (κ2) is 7.80. The van der Waals surface area contributed by atoms with Gasteiger partial charge in [0.25, 0.3) is 5.91 Å². The second-order valence-electron chi connectivity index (χ2n) is 5.78. The first kappa shape index (κ1) is 18.8. The van der Waals surface area contributed by atoms with Crippen LogP contribution < -0.4 is 16.4 Å². The molecule has 10 heteroatoms. The number of thiophene rings is 1. The summed E-state index contributed by atoms with van der Waals surface area (Å²) in [5.74, 6) is 0.300. The molecule has 0 saturated carbocycles. The summed E-state index contributed by atoms with van der Waals surface area (Å²) in [5, 5.41) is 6.76. The van der Waals surface area contributed by atoms with Crippen molar-refractivity contribution in [3.8, 4) is 10.6 Å². The summed E-state index contributed by atoms with van der Waals surface area (Å²) in [5.41, 5.74) is 8.02. The number of nitrogens with two attached hydrogens (primary N) is 1. The number of carbonyl (C=O) groups is 1. The fourth-order valence-corrected chi connectivity index (χ4v) is 4.75. The van der Waals surface area contributed by atoms with Crippen LogP contribution in [-0.2, 0) is 6.54 Å². The summed E-state index contributed by atoms with van der Waals surface area (Å²) >= 11 is 8.98. The highest BCUT2D eigenvalue weighted by molar-refractivity contribution is 7.22. The molecule has 0 aliphatic rings. The van der Waals surface area contributed by atoms with Crippen molar-refractivity contribution >= 4 is 61.5 Å². The van der Waals surface area contributed by atoms with Crippen molar-refractivity contribution in [2.75, 3.05) is 17.7 Å². The van der Waals surface area contributed by atoms with Crippen molar-refractivity contribution in [1.82, 2.24) is 15.0 Å². The Balaban J connectivity index is 1.56. The summed E-state index contributed by atoms with van der Waals surface area (Å²) in [6, 6.07) is 9.17. The Morgan fingerprint density at radius 3 is 2.86 bits per heavy atom. The summed E-state index contributed by atoms with van der Waals surface area (Å²) in [4.78, 5) is 27.0. The van der Waals surface area contributed by atoms with Gasteiger partial charge in [0.1, 0.15) is 5.52 Å². The molecule has 0 fully saturated rings. The van der Waals surface area contributed by atoms with Gasteiger partial charge in [0, 0.05) is 19.8 Å². The van der Waals surface area contributed by atoms with E-state index in [9.17, 15) is 4.79 Å². The van der Waals surface area contributed by atoms with E-state index in [0.29, 0.717) is 33.0 Å². The molecule has 0 spiro atoms. The number of benzene rings is 1. The molecule has 0 aliphatic heterocycles. The average molecular weight is 431 g/mol. The number of amides is 1. The maximum atomic E-state index is 12.6. The molecule has 0 aliphatic carbocycles. The summed E-state index contributed by atoms with van der Waals surface area (Å²) in [6.07, 6.45) is 1.67. The molecule has 0 radical (unpaired) electrons. The molecule has 28 heavy (non-hydrogen) atoms. The first-order valence-corrected chi connectivity index (χ1v) is 10.3. The molecule has 4 N–H and O–H groups in total. The lowest BCUT2D eigenvalue weighted by molar-refractivity contribution is 0.103. The molecule has 142 valence electrons. The van der Waals surface area contributed by atoms with Gasteiger partial charge in [-0.1, -0.05) is 22.9 Å². The normalized spacial score (nSPS) is 11.0. The lowest BCUT2D eigenvalue weighted by atomic mass is 10.2. The molecule has 0 atom stereocenters. The van der Waals surface area contributed by atoms with E-state index in [4.69, 9.17) is 17.3 Å². The van der Waals surface area contributed by atoms with Gasteiger partial charge < -0.3 is 11.1 Å². The first-order valence-electron chi connectivity index (χ1n) is 8.29. The van der Waals surface area contributed by atoms with Crippen molar-refractivity contribution in [2.24, 2.45) is 5.73 Å². The SMILES string of the molecule is CNc1nccc(-c2ccc(C(=O)Nc3nc4c(Cl)cc(CN)cc4s3)s2)n1. The number of rotatable bonds is 5. The van der Waals surface area contributed by atoms with Crippen molar-refractivity contribution in [2.45, 2.75) is 6.54 Å². The Hall–Kier alpha value is -2.59. The molecule has 0 bridgehead atoms. The lowest BCUT2D eigenvalue weighted by Crippen LogP contribution is -2.09. The van der Waals surface area contributed by atoms with Crippen LogP contribution in [-0.4, -0.2) is 27.9 Å². The molecule has 1 amide bonds. The molecule has 7 nitrogen and oxygen atoms in total. The van der Waals surface area contributed by atoms with Gasteiger partial charge in [0.2, 0.25) is 5.95 Å². The molecule has 0 unspecified atom stereocenters. The second-order valence-corrected chi connectivity index (χ2v) is 8.30. The number of carbonyl (C=O) groups excluding carboxylic acids is 1. The van der Waals surface area contributed by atoms with E-state index in [2.05, 4.69) is 25.6 Å². The quantitative estimate of drug-likeness (QED) is 0.437. The first-order chi connectivity index (χ1) is 13.6. The highest BCUT2D eigenvalue weighted by Crippen LogP contribution is 2.33. The summed E-state index contributed by atoms with van der Waals surface area (Å²) in [6.45, 7) is 0.394. The largest absolute Gasteiger partial charge is 0.357 e. The van der Waals surface area contributed by atoms with E-state index in [0.717, 1.165) is 20.8 Å². The van der Waals surface area contributed by atoms with Gasteiger partial charge in [0.05, 0.1) is 25.2 Å². The highest BCUT2D eigenvalue weighted by atomic mass is 35.5. The van der Waals surface area contributed by atoms with Gasteiger partial charge in [-0.15, -0.1) is 11.3 Å². The number of hydrogen-bond donors (Lipinski definition) is 3. The van der Waals surface area contributed by atoms with Crippen molar-refractivity contribution < 1.29 is 4.79 Å². The third-order valence-corrected chi connectivity index (χ3v) is 6.24. The van der Waals surface area contributed by atoms with Crippen molar-refractivity contribution in [3.05, 3.63) is 52.0 Å². The zero-order valence-electron chi connectivity index (χ0n) is 14.7. The Morgan fingerprint density at radius 2 is 2.07 bits per heavy atom. The van der Waals surface area contributed by atoms with Crippen LogP contribution >= 0.6 is 34.3 Å². The van der Waals surface area contributed by atoms with Gasteiger partial charge in [0.15, 0.2) is 5.13 Å². The molecule has 0 saturated heterocycles. The maximum absolute atomic E-state index is 12.6. The number of halogens is 1. The number of nitrogens with one attached hydrogen (secondary N) is 2. The van der Waals surface area contributed by atoms with Gasteiger partial charge >= 0.3 is 0 Å². The topological polar surface area (TPSA) is 106 Å². The monoisotopic (exact) mass is 430 g/mol. The van der Waals surface area contributed by atoms with Gasteiger partial charge in [-0.2, -0.15) is 0 Å². The molecule has 3 aromatic heterocycles. The number of thiazole rings is 1. The summed E-state index contributed by atoms with van der Waals surface area (Å²) < 4.78 is 0.885. The van der Waals surface area contributed by atoms with E-state index in [1.54, 1.807) is 31.4 Å². The lowest BCUT2D eigenvalue weighted by Gasteiger charge is -2.00. The van der Waals surface area contributed by atoms with Crippen LogP contribution in [0, 0.1) is 0 Å². The van der Waals surface area contributed by atoms with E-state index in [1.807, 2.05) is 12.1 Å². The maximum Gasteiger partial charge on any atom is 0.267 e. The Morgan fingerprint density at radius 1 is 1.21 bits per heavy atom. The minimum absolute atomic E-state index is 0.228. The fourth-order valence-electron chi connectivity index (χ4n) is 2.59. The van der Waals surface area contributed by atoms with Crippen LogP contribution in [0.2, 0.25) is 5.02 Å². The molecular formula is C18H15ClN6OS2. The van der Waals surface area contributed by atoms with E-state index in [-0.39, 0.29) is 5.91 Å². The van der Waals surface area contributed by atoms with Crippen LogP contribution in [0.15, 0.2) is 36.5 Å². The molecular weight excluding hydrogens is 416 g/mol. The standard InChI is InChI=1S/C18H15ClN6OS2/c1-21-17-22-5-4-11(23-17)12-2-3-13(27-12)16(26)25-18-24-15-10(19)6-9(8-20)7-14(15)28-18/h2-7H,8,20H2,1H3,(H,21,22,23)(H,24,25,26). The molecule has 4 aromatic rings. The third-order valence-electron chi connectivity index (χ3n) is 3.93. The van der Waals surface area contributed by atoms with Crippen molar-refractivity contribution in [3.63, 3.8) is 0 Å². The smallest absolute Gasteiger partial charge is 0.267 e. The van der Waals surface area contributed by atoms with Gasteiger partial charge in [-0.25, -0.2) is 15.0 Å². The zero-order chi connectivity index (χ0) is 19.7. The minimum Gasteiger partial charge on any atom is -0.357 e. The minimum atomic E-state index is -0.228. The zero-order valence-corrected chi connectivity index (χ0v) is 17.1. The predicted molar refractivity (Wildman–Crippen MR) is 115 cm³/mol. The number of hydrogen-bond acceptors (Lipinski definition) is 8. The highest BCUT2D eigenvalue weighted by Gasteiger charge is 2.15. The average Bonchev–Trinajstić information content (AvgIpc) is 3.35. The number of aromatic nitrogens is 3. The number of nitrogens with zero attached hydrogens (tertiary/aromatic N) is 3. The number of fused-ring (bicyclic) bond motifs is 1. The van der Waals surface area contributed by atoms with Crippen LogP contribution in [0.3, 0.4) is 0 Å².